The van der Waals surface area contributed by atoms with Gasteiger partial charge in [0.05, 0.1) is 17.6 Å². The topological polar surface area (TPSA) is 89.8 Å². The molecule has 1 aromatic carbocycles. The van der Waals surface area contributed by atoms with Crippen LogP contribution in [0.25, 0.3) is 0 Å². The van der Waals surface area contributed by atoms with Crippen LogP contribution >= 0.6 is 0 Å². The van der Waals surface area contributed by atoms with E-state index in [2.05, 4.69) is 4.74 Å². The summed E-state index contributed by atoms with van der Waals surface area (Å²) in [5.41, 5.74) is -0.272. The third-order valence-corrected chi connectivity index (χ3v) is 2.89. The molecule has 0 fully saturated rings. The van der Waals surface area contributed by atoms with Crippen LogP contribution in [0.2, 0.25) is 0 Å². The number of benzene rings is 1. The van der Waals surface area contributed by atoms with Gasteiger partial charge in [-0.15, -0.1) is 0 Å². The summed E-state index contributed by atoms with van der Waals surface area (Å²) < 4.78 is 4.53. The summed E-state index contributed by atoms with van der Waals surface area (Å²) in [6.45, 7) is 3.63. The fourth-order valence-electron chi connectivity index (χ4n) is 1.51. The van der Waals surface area contributed by atoms with Crippen molar-refractivity contribution in [3.63, 3.8) is 0 Å². The number of carbonyl (C=O) groups is 2. The average Bonchev–Trinajstić information content (AvgIpc) is 2.43. The lowest BCUT2D eigenvalue weighted by atomic mass is 10.1. The average molecular weight is 280 g/mol. The summed E-state index contributed by atoms with van der Waals surface area (Å²) in [7, 11) is 2.76. The minimum Gasteiger partial charge on any atom is -0.465 e. The Kier molecular flexibility index (Phi) is 4.79. The fourth-order valence-corrected chi connectivity index (χ4v) is 1.51. The molecule has 0 saturated heterocycles. The number of nitro groups is 1. The predicted octanol–water partition coefficient (Wildman–Crippen LogP) is 1.86. The highest BCUT2D eigenvalue weighted by Crippen LogP contribution is 2.19. The van der Waals surface area contributed by atoms with Crippen molar-refractivity contribution in [2.75, 3.05) is 14.2 Å². The van der Waals surface area contributed by atoms with Gasteiger partial charge in [-0.05, 0) is 19.9 Å². The molecule has 0 saturated carbocycles. The predicted molar refractivity (Wildman–Crippen MR) is 71.7 cm³/mol. The van der Waals surface area contributed by atoms with Gasteiger partial charge in [-0.2, -0.15) is 0 Å². The van der Waals surface area contributed by atoms with E-state index in [1.807, 2.05) is 13.8 Å². The Morgan fingerprint density at radius 1 is 1.25 bits per heavy atom. The Balaban J connectivity index is 3.32. The van der Waals surface area contributed by atoms with E-state index in [4.69, 9.17) is 0 Å². The van der Waals surface area contributed by atoms with Crippen LogP contribution in [0.3, 0.4) is 0 Å². The molecule has 0 N–H and O–H groups in total. The van der Waals surface area contributed by atoms with Gasteiger partial charge in [-0.25, -0.2) is 4.79 Å². The van der Waals surface area contributed by atoms with E-state index in [-0.39, 0.29) is 22.9 Å². The number of carbonyl (C=O) groups excluding carboxylic acids is 2. The molecular formula is C13H16N2O5. The molecule has 108 valence electrons. The molecule has 0 radical (unpaired) electrons. The maximum Gasteiger partial charge on any atom is 0.338 e. The minimum absolute atomic E-state index is 0.0257. The van der Waals surface area contributed by atoms with E-state index in [1.54, 1.807) is 7.05 Å². The summed E-state index contributed by atoms with van der Waals surface area (Å²) in [6.07, 6.45) is 0. The number of nitrogens with zero attached hydrogens (tertiary/aromatic N) is 2. The molecule has 7 nitrogen and oxygen atoms in total. The quantitative estimate of drug-likeness (QED) is 0.477. The number of ether oxygens (including phenoxy) is 1. The number of hydrogen-bond acceptors (Lipinski definition) is 5. The third kappa shape index (κ3) is 3.31. The second-order valence-electron chi connectivity index (χ2n) is 4.53. The molecule has 0 aromatic heterocycles. The summed E-state index contributed by atoms with van der Waals surface area (Å²) >= 11 is 0. The Labute approximate surface area is 116 Å². The number of non-ortho nitro benzene ring substituents is 1. The van der Waals surface area contributed by atoms with Crippen molar-refractivity contribution in [1.29, 1.82) is 0 Å². The van der Waals surface area contributed by atoms with Crippen molar-refractivity contribution < 1.29 is 19.2 Å². The van der Waals surface area contributed by atoms with E-state index in [9.17, 15) is 19.7 Å². The van der Waals surface area contributed by atoms with Crippen molar-refractivity contribution in [1.82, 2.24) is 4.90 Å². The van der Waals surface area contributed by atoms with E-state index < -0.39 is 16.8 Å². The van der Waals surface area contributed by atoms with E-state index >= 15 is 0 Å². The van der Waals surface area contributed by atoms with E-state index in [0.717, 1.165) is 12.1 Å². The lowest BCUT2D eigenvalue weighted by molar-refractivity contribution is -0.384. The van der Waals surface area contributed by atoms with Gasteiger partial charge in [0.25, 0.3) is 11.6 Å². The Bertz CT molecular complexity index is 554. The second-order valence-corrected chi connectivity index (χ2v) is 4.53. The normalized spacial score (nSPS) is 10.2. The zero-order valence-corrected chi connectivity index (χ0v) is 11.7. The molecule has 1 aromatic rings. The highest BCUT2D eigenvalue weighted by molar-refractivity contribution is 5.99. The van der Waals surface area contributed by atoms with Crippen molar-refractivity contribution in [2.24, 2.45) is 0 Å². The lowest BCUT2D eigenvalue weighted by Gasteiger charge is -2.21. The van der Waals surface area contributed by atoms with Crippen LogP contribution < -0.4 is 0 Å². The molecule has 0 aliphatic carbocycles. The Morgan fingerprint density at radius 2 is 1.80 bits per heavy atom. The number of esters is 1. The maximum atomic E-state index is 12.2. The van der Waals surface area contributed by atoms with Gasteiger partial charge in [-0.1, -0.05) is 0 Å². The molecule has 0 aliphatic heterocycles. The van der Waals surface area contributed by atoms with Gasteiger partial charge in [0.15, 0.2) is 0 Å². The number of methoxy groups -OCH3 is 1. The molecule has 0 spiro atoms. The number of nitro benzene ring substituents is 1. The fraction of sp³-hybridized carbons (Fsp3) is 0.385. The van der Waals surface area contributed by atoms with Crippen molar-refractivity contribution in [3.8, 4) is 0 Å². The zero-order chi connectivity index (χ0) is 15.4. The first-order valence-corrected chi connectivity index (χ1v) is 5.93. The summed E-state index contributed by atoms with van der Waals surface area (Å²) in [5, 5.41) is 10.9. The highest BCUT2D eigenvalue weighted by Gasteiger charge is 2.21. The van der Waals surface area contributed by atoms with Gasteiger partial charge in [0.2, 0.25) is 0 Å². The van der Waals surface area contributed by atoms with Crippen LogP contribution in [0.15, 0.2) is 18.2 Å². The third-order valence-electron chi connectivity index (χ3n) is 2.89. The molecule has 0 bridgehead atoms. The molecule has 0 unspecified atom stereocenters. The molecule has 1 amide bonds. The standard InChI is InChI=1S/C13H16N2O5/c1-8(2)14(3)12(16)9-5-10(13(17)20-4)7-11(6-9)15(18)19/h5-8H,1-4H3. The number of hydrogen-bond donors (Lipinski definition) is 0. The van der Waals surface area contributed by atoms with Crippen molar-refractivity contribution in [2.45, 2.75) is 19.9 Å². The summed E-state index contributed by atoms with van der Waals surface area (Å²) in [4.78, 5) is 35.3. The van der Waals surface area contributed by atoms with Gasteiger partial charge < -0.3 is 9.64 Å². The van der Waals surface area contributed by atoms with Crippen LogP contribution in [0.5, 0.6) is 0 Å². The SMILES string of the molecule is COC(=O)c1cc(C(=O)N(C)C(C)C)cc([N+](=O)[O-])c1. The first-order chi connectivity index (χ1) is 9.27. The Hall–Kier alpha value is -2.44. The molecule has 0 aliphatic rings. The van der Waals surface area contributed by atoms with E-state index in [0.29, 0.717) is 0 Å². The van der Waals surface area contributed by atoms with Crippen LogP contribution in [0.4, 0.5) is 5.69 Å². The number of amides is 1. The first kappa shape index (κ1) is 15.6. The van der Waals surface area contributed by atoms with Gasteiger partial charge in [-0.3, -0.25) is 14.9 Å². The first-order valence-electron chi connectivity index (χ1n) is 5.93. The summed E-state index contributed by atoms with van der Waals surface area (Å²) in [6, 6.07) is 3.45. The molecular weight excluding hydrogens is 264 g/mol. The van der Waals surface area contributed by atoms with Crippen LogP contribution in [0.1, 0.15) is 34.6 Å². The Morgan fingerprint density at radius 3 is 2.25 bits per heavy atom. The van der Waals surface area contributed by atoms with E-state index in [1.165, 1.54) is 18.1 Å². The monoisotopic (exact) mass is 280 g/mol. The van der Waals surface area contributed by atoms with Crippen LogP contribution in [-0.4, -0.2) is 41.9 Å². The molecule has 0 heterocycles. The maximum absolute atomic E-state index is 12.2. The van der Waals surface area contributed by atoms with Gasteiger partial charge in [0, 0.05) is 30.8 Å². The minimum atomic E-state index is -0.727. The largest absolute Gasteiger partial charge is 0.465 e. The second kappa shape index (κ2) is 6.14. The molecule has 1 rings (SSSR count). The number of rotatable bonds is 4. The van der Waals surface area contributed by atoms with Crippen LogP contribution in [-0.2, 0) is 4.74 Å². The lowest BCUT2D eigenvalue weighted by Crippen LogP contribution is -2.33. The molecule has 20 heavy (non-hydrogen) atoms. The van der Waals surface area contributed by atoms with Crippen LogP contribution in [0, 0.1) is 10.1 Å². The molecule has 0 atom stereocenters. The van der Waals surface area contributed by atoms with Gasteiger partial charge in [0.1, 0.15) is 0 Å². The van der Waals surface area contributed by atoms with Crippen molar-refractivity contribution >= 4 is 17.6 Å². The smallest absolute Gasteiger partial charge is 0.338 e. The molecule has 7 heteroatoms. The van der Waals surface area contributed by atoms with Crippen molar-refractivity contribution in [3.05, 3.63) is 39.4 Å². The van der Waals surface area contributed by atoms with Gasteiger partial charge >= 0.3 is 5.97 Å². The highest BCUT2D eigenvalue weighted by atomic mass is 16.6. The summed E-state index contributed by atoms with van der Waals surface area (Å²) in [5.74, 6) is -1.12. The zero-order valence-electron chi connectivity index (χ0n) is 11.7.